The van der Waals surface area contributed by atoms with Crippen LogP contribution >= 0.6 is 0 Å². The molecular formula is C15H17N3O. The van der Waals surface area contributed by atoms with Crippen LogP contribution in [0.1, 0.15) is 28.5 Å². The zero-order valence-electron chi connectivity index (χ0n) is 11.1. The molecule has 0 saturated heterocycles. The predicted octanol–water partition coefficient (Wildman–Crippen LogP) is 2.79. The number of carbonyl (C=O) groups excluding carboxylic acids is 1. The first-order chi connectivity index (χ1) is 9.11. The molecule has 0 aliphatic rings. The first-order valence-electron chi connectivity index (χ1n) is 6.23. The monoisotopic (exact) mass is 255 g/mol. The number of aryl methyl sites for hydroxylation is 2. The number of benzene rings is 1. The van der Waals surface area contributed by atoms with Crippen LogP contribution in [0.15, 0.2) is 36.5 Å². The Morgan fingerprint density at radius 2 is 2.16 bits per heavy atom. The molecule has 3 N–H and O–H groups in total. The number of nitrogens with zero attached hydrogens (tertiary/aromatic N) is 1. The van der Waals surface area contributed by atoms with Crippen LogP contribution in [0.3, 0.4) is 0 Å². The van der Waals surface area contributed by atoms with Crippen molar-refractivity contribution in [2.45, 2.75) is 20.3 Å². The molecule has 0 unspecified atom stereocenters. The maximum Gasteiger partial charge on any atom is 0.257 e. The molecule has 1 heterocycles. The number of carbonyl (C=O) groups is 1. The third kappa shape index (κ3) is 2.91. The number of nitrogen functional groups attached to an aromatic ring is 1. The van der Waals surface area contributed by atoms with Crippen LogP contribution in [0.25, 0.3) is 0 Å². The van der Waals surface area contributed by atoms with Crippen molar-refractivity contribution in [3.8, 4) is 0 Å². The average molecular weight is 255 g/mol. The van der Waals surface area contributed by atoms with Gasteiger partial charge in [-0.15, -0.1) is 0 Å². The smallest absolute Gasteiger partial charge is 0.257 e. The lowest BCUT2D eigenvalue weighted by Gasteiger charge is -2.09. The van der Waals surface area contributed by atoms with Gasteiger partial charge < -0.3 is 11.1 Å². The molecule has 1 aromatic heterocycles. The Hall–Kier alpha value is -2.36. The summed E-state index contributed by atoms with van der Waals surface area (Å²) in [4.78, 5) is 16.2. The van der Waals surface area contributed by atoms with Crippen LogP contribution in [0.4, 0.5) is 11.4 Å². The van der Waals surface area contributed by atoms with Gasteiger partial charge in [-0.2, -0.15) is 0 Å². The van der Waals surface area contributed by atoms with E-state index in [0.29, 0.717) is 22.6 Å². The number of amides is 1. The highest BCUT2D eigenvalue weighted by atomic mass is 16.1. The summed E-state index contributed by atoms with van der Waals surface area (Å²) >= 11 is 0. The Morgan fingerprint density at radius 3 is 2.79 bits per heavy atom. The van der Waals surface area contributed by atoms with Crippen molar-refractivity contribution in [3.05, 3.63) is 53.3 Å². The third-order valence-electron chi connectivity index (χ3n) is 3.04. The van der Waals surface area contributed by atoms with Crippen LogP contribution in [0.5, 0.6) is 0 Å². The summed E-state index contributed by atoms with van der Waals surface area (Å²) in [6, 6.07) is 9.07. The normalized spacial score (nSPS) is 10.2. The zero-order valence-corrected chi connectivity index (χ0v) is 11.1. The van der Waals surface area contributed by atoms with Crippen molar-refractivity contribution < 1.29 is 4.79 Å². The van der Waals surface area contributed by atoms with Gasteiger partial charge >= 0.3 is 0 Å². The van der Waals surface area contributed by atoms with Gasteiger partial charge in [-0.05, 0) is 43.2 Å². The lowest BCUT2D eigenvalue weighted by molar-refractivity contribution is 0.102. The van der Waals surface area contributed by atoms with E-state index in [1.54, 1.807) is 24.4 Å². The summed E-state index contributed by atoms with van der Waals surface area (Å²) in [6.07, 6.45) is 2.54. The van der Waals surface area contributed by atoms with E-state index < -0.39 is 0 Å². The van der Waals surface area contributed by atoms with Gasteiger partial charge in [0.05, 0.1) is 5.56 Å². The van der Waals surface area contributed by atoms with Gasteiger partial charge in [-0.3, -0.25) is 9.78 Å². The van der Waals surface area contributed by atoms with Gasteiger partial charge in [0.25, 0.3) is 5.91 Å². The zero-order chi connectivity index (χ0) is 13.8. The SMILES string of the molecule is CCc1ccc(NC(=O)c2cccnc2C)cc1N. The lowest BCUT2D eigenvalue weighted by atomic mass is 10.1. The number of pyridine rings is 1. The Kier molecular flexibility index (Phi) is 3.80. The topological polar surface area (TPSA) is 68.0 Å². The van der Waals surface area contributed by atoms with Crippen molar-refractivity contribution in [1.82, 2.24) is 4.98 Å². The number of anilines is 2. The summed E-state index contributed by atoms with van der Waals surface area (Å²) in [5, 5.41) is 2.83. The van der Waals surface area contributed by atoms with Crippen LogP contribution in [0, 0.1) is 6.92 Å². The van der Waals surface area contributed by atoms with E-state index in [9.17, 15) is 4.79 Å². The van der Waals surface area contributed by atoms with Gasteiger partial charge in [0.2, 0.25) is 0 Å². The van der Waals surface area contributed by atoms with Gasteiger partial charge in [0.1, 0.15) is 0 Å². The van der Waals surface area contributed by atoms with Crippen molar-refractivity contribution in [1.29, 1.82) is 0 Å². The molecule has 0 aliphatic carbocycles. The fourth-order valence-corrected chi connectivity index (χ4v) is 1.92. The van der Waals surface area contributed by atoms with E-state index in [-0.39, 0.29) is 5.91 Å². The fraction of sp³-hybridized carbons (Fsp3) is 0.200. The second-order valence-electron chi connectivity index (χ2n) is 4.36. The Balaban J connectivity index is 2.20. The van der Waals surface area contributed by atoms with Crippen LogP contribution in [0.2, 0.25) is 0 Å². The Labute approximate surface area is 112 Å². The molecule has 4 nitrogen and oxygen atoms in total. The molecule has 0 spiro atoms. The van der Waals surface area contributed by atoms with Gasteiger partial charge in [0, 0.05) is 23.3 Å². The number of rotatable bonds is 3. The van der Waals surface area contributed by atoms with E-state index in [0.717, 1.165) is 12.0 Å². The first kappa shape index (κ1) is 13.1. The lowest BCUT2D eigenvalue weighted by Crippen LogP contribution is -2.14. The molecule has 0 atom stereocenters. The van der Waals surface area contributed by atoms with Crippen molar-refractivity contribution >= 4 is 17.3 Å². The number of nitrogens with one attached hydrogen (secondary N) is 1. The van der Waals surface area contributed by atoms with Gasteiger partial charge in [0.15, 0.2) is 0 Å². The number of nitrogens with two attached hydrogens (primary N) is 1. The molecule has 1 amide bonds. The Morgan fingerprint density at radius 1 is 1.37 bits per heavy atom. The minimum absolute atomic E-state index is 0.172. The van der Waals surface area contributed by atoms with Crippen molar-refractivity contribution in [3.63, 3.8) is 0 Å². The summed E-state index contributed by atoms with van der Waals surface area (Å²) in [7, 11) is 0. The molecule has 0 fully saturated rings. The van der Waals surface area contributed by atoms with E-state index in [1.807, 2.05) is 26.0 Å². The molecule has 0 aliphatic heterocycles. The predicted molar refractivity (Wildman–Crippen MR) is 77.2 cm³/mol. The molecule has 2 rings (SSSR count). The standard InChI is InChI=1S/C15H17N3O/c1-3-11-6-7-12(9-14(11)16)18-15(19)13-5-4-8-17-10(13)2/h4-9H,3,16H2,1-2H3,(H,18,19). The minimum Gasteiger partial charge on any atom is -0.398 e. The van der Waals surface area contributed by atoms with Crippen LogP contribution < -0.4 is 11.1 Å². The largest absolute Gasteiger partial charge is 0.398 e. The number of aromatic nitrogens is 1. The molecule has 0 saturated carbocycles. The second-order valence-corrected chi connectivity index (χ2v) is 4.36. The van der Waals surface area contributed by atoms with E-state index in [4.69, 9.17) is 5.73 Å². The first-order valence-corrected chi connectivity index (χ1v) is 6.23. The van der Waals surface area contributed by atoms with E-state index in [2.05, 4.69) is 10.3 Å². The molecule has 0 bridgehead atoms. The van der Waals surface area contributed by atoms with E-state index in [1.165, 1.54) is 0 Å². The maximum absolute atomic E-state index is 12.1. The van der Waals surface area contributed by atoms with Gasteiger partial charge in [-0.25, -0.2) is 0 Å². The van der Waals surface area contributed by atoms with Crippen LogP contribution in [-0.4, -0.2) is 10.9 Å². The van der Waals surface area contributed by atoms with Crippen LogP contribution in [-0.2, 0) is 6.42 Å². The summed E-state index contributed by atoms with van der Waals surface area (Å²) < 4.78 is 0. The maximum atomic E-state index is 12.1. The number of hydrogen-bond donors (Lipinski definition) is 2. The quantitative estimate of drug-likeness (QED) is 0.829. The highest BCUT2D eigenvalue weighted by Crippen LogP contribution is 2.19. The second kappa shape index (κ2) is 5.52. The molecule has 0 radical (unpaired) electrons. The minimum atomic E-state index is -0.172. The van der Waals surface area contributed by atoms with Crippen molar-refractivity contribution in [2.24, 2.45) is 0 Å². The molecule has 4 heteroatoms. The Bertz CT molecular complexity index is 608. The molecule has 2 aromatic rings. The third-order valence-corrected chi connectivity index (χ3v) is 3.04. The highest BCUT2D eigenvalue weighted by Gasteiger charge is 2.09. The molecule has 19 heavy (non-hydrogen) atoms. The molecular weight excluding hydrogens is 238 g/mol. The summed E-state index contributed by atoms with van der Waals surface area (Å²) in [5.74, 6) is -0.172. The average Bonchev–Trinajstić information content (AvgIpc) is 2.39. The number of hydrogen-bond acceptors (Lipinski definition) is 3. The molecule has 1 aromatic carbocycles. The van der Waals surface area contributed by atoms with Crippen molar-refractivity contribution in [2.75, 3.05) is 11.1 Å². The summed E-state index contributed by atoms with van der Waals surface area (Å²) in [6.45, 7) is 3.85. The highest BCUT2D eigenvalue weighted by molar-refractivity contribution is 6.05. The van der Waals surface area contributed by atoms with Gasteiger partial charge in [-0.1, -0.05) is 13.0 Å². The molecule has 98 valence electrons. The fourth-order valence-electron chi connectivity index (χ4n) is 1.92. The van der Waals surface area contributed by atoms with E-state index >= 15 is 0 Å². The summed E-state index contributed by atoms with van der Waals surface area (Å²) in [5.41, 5.74) is 9.66.